The fourth-order valence-electron chi connectivity index (χ4n) is 3.55. The maximum absolute atomic E-state index is 13.2. The summed E-state index contributed by atoms with van der Waals surface area (Å²) >= 11 is 1.41. The Bertz CT molecular complexity index is 1210. The standard InChI is InChI=1S/C24H30FN3O4S2/c1-4-27(5-2)14-15-28(24-26-21-13-10-19(32-3)17-22(21)33-24)23(29)7-6-16-34(30,31)20-11-8-18(25)9-12-20/h8-13,17H,4-7,14-16H2,1-3H3. The van der Waals surface area contributed by atoms with Crippen LogP contribution in [0.4, 0.5) is 9.52 Å². The van der Waals surface area contributed by atoms with E-state index in [0.717, 1.165) is 41.2 Å². The normalized spacial score (nSPS) is 11.8. The Morgan fingerprint density at radius 3 is 2.44 bits per heavy atom. The number of halogens is 1. The number of amides is 1. The van der Waals surface area contributed by atoms with Crippen molar-refractivity contribution in [1.29, 1.82) is 0 Å². The van der Waals surface area contributed by atoms with Crippen molar-refractivity contribution in [3.05, 3.63) is 48.3 Å². The van der Waals surface area contributed by atoms with Crippen molar-refractivity contribution < 1.29 is 22.3 Å². The zero-order valence-corrected chi connectivity index (χ0v) is 21.3. The van der Waals surface area contributed by atoms with Crippen LogP contribution in [0.1, 0.15) is 26.7 Å². The number of nitrogens with zero attached hydrogens (tertiary/aromatic N) is 3. The second kappa shape index (κ2) is 11.7. The van der Waals surface area contributed by atoms with E-state index in [1.807, 2.05) is 18.2 Å². The summed E-state index contributed by atoms with van der Waals surface area (Å²) in [4.78, 5) is 21.8. The Kier molecular flexibility index (Phi) is 8.98. The van der Waals surface area contributed by atoms with E-state index in [1.165, 1.54) is 23.5 Å². The van der Waals surface area contributed by atoms with E-state index in [1.54, 1.807) is 12.0 Å². The van der Waals surface area contributed by atoms with Crippen molar-refractivity contribution in [2.24, 2.45) is 0 Å². The number of likely N-dealkylation sites (N-methyl/N-ethyl adjacent to an activating group) is 1. The van der Waals surface area contributed by atoms with Gasteiger partial charge in [-0.2, -0.15) is 0 Å². The zero-order chi connectivity index (χ0) is 24.7. The number of carbonyl (C=O) groups is 1. The average Bonchev–Trinajstić information content (AvgIpc) is 3.24. The lowest BCUT2D eigenvalue weighted by Crippen LogP contribution is -2.38. The molecule has 1 amide bonds. The molecule has 0 bridgehead atoms. The van der Waals surface area contributed by atoms with Gasteiger partial charge in [-0.1, -0.05) is 25.2 Å². The summed E-state index contributed by atoms with van der Waals surface area (Å²) in [5.74, 6) is -0.140. The number of hydrogen-bond donors (Lipinski definition) is 0. The highest BCUT2D eigenvalue weighted by Crippen LogP contribution is 2.32. The summed E-state index contributed by atoms with van der Waals surface area (Å²) in [6.45, 7) is 7.02. The van der Waals surface area contributed by atoms with Gasteiger partial charge in [-0.15, -0.1) is 0 Å². The predicted molar refractivity (Wildman–Crippen MR) is 134 cm³/mol. The van der Waals surface area contributed by atoms with Crippen LogP contribution in [-0.2, 0) is 14.6 Å². The van der Waals surface area contributed by atoms with Crippen molar-refractivity contribution >= 4 is 42.4 Å². The fraction of sp³-hybridized carbons (Fsp3) is 0.417. The van der Waals surface area contributed by atoms with Gasteiger partial charge in [-0.3, -0.25) is 9.69 Å². The fourth-order valence-corrected chi connectivity index (χ4v) is 5.90. The van der Waals surface area contributed by atoms with E-state index < -0.39 is 15.7 Å². The largest absolute Gasteiger partial charge is 0.497 e. The van der Waals surface area contributed by atoms with Crippen LogP contribution in [0.2, 0.25) is 0 Å². The molecule has 0 saturated carbocycles. The molecule has 1 aromatic heterocycles. The first-order chi connectivity index (χ1) is 16.3. The quantitative estimate of drug-likeness (QED) is 0.339. The number of sulfone groups is 1. The summed E-state index contributed by atoms with van der Waals surface area (Å²) in [7, 11) is -2.00. The molecule has 0 unspecified atom stereocenters. The first-order valence-corrected chi connectivity index (χ1v) is 13.7. The van der Waals surface area contributed by atoms with E-state index in [-0.39, 0.29) is 29.4 Å². The molecular formula is C24H30FN3O4S2. The maximum atomic E-state index is 13.2. The van der Waals surface area contributed by atoms with Gasteiger partial charge in [0.05, 0.1) is 28.0 Å². The third kappa shape index (κ3) is 6.52. The molecule has 0 radical (unpaired) electrons. The van der Waals surface area contributed by atoms with Crippen molar-refractivity contribution in [2.45, 2.75) is 31.6 Å². The number of carbonyl (C=O) groups excluding carboxylic acids is 1. The van der Waals surface area contributed by atoms with Crippen molar-refractivity contribution in [2.75, 3.05) is 43.9 Å². The predicted octanol–water partition coefficient (Wildman–Crippen LogP) is 4.37. The third-order valence-corrected chi connectivity index (χ3v) is 8.48. The Morgan fingerprint density at radius 1 is 1.09 bits per heavy atom. The molecule has 7 nitrogen and oxygen atoms in total. The van der Waals surface area contributed by atoms with E-state index in [0.29, 0.717) is 18.2 Å². The van der Waals surface area contributed by atoms with Gasteiger partial charge in [-0.05, 0) is 62.0 Å². The molecule has 3 rings (SSSR count). The Balaban J connectivity index is 1.74. The summed E-state index contributed by atoms with van der Waals surface area (Å²) in [5.41, 5.74) is 0.778. The molecule has 0 aliphatic heterocycles. The Hall–Kier alpha value is -2.56. The van der Waals surface area contributed by atoms with Crippen LogP contribution in [0, 0.1) is 5.82 Å². The smallest absolute Gasteiger partial charge is 0.228 e. The van der Waals surface area contributed by atoms with Crippen LogP contribution >= 0.6 is 11.3 Å². The number of anilines is 1. The second-order valence-electron chi connectivity index (χ2n) is 7.78. The molecule has 3 aromatic rings. The number of aromatic nitrogens is 1. The molecule has 0 spiro atoms. The molecule has 184 valence electrons. The zero-order valence-electron chi connectivity index (χ0n) is 19.7. The number of fused-ring (bicyclic) bond motifs is 1. The van der Waals surface area contributed by atoms with Gasteiger partial charge in [0, 0.05) is 19.5 Å². The van der Waals surface area contributed by atoms with Gasteiger partial charge in [0.1, 0.15) is 11.6 Å². The third-order valence-electron chi connectivity index (χ3n) is 5.63. The number of ether oxygens (including phenoxy) is 1. The van der Waals surface area contributed by atoms with Crippen LogP contribution in [0.3, 0.4) is 0 Å². The van der Waals surface area contributed by atoms with Crippen molar-refractivity contribution in [3.63, 3.8) is 0 Å². The Morgan fingerprint density at radius 2 is 1.79 bits per heavy atom. The van der Waals surface area contributed by atoms with E-state index >= 15 is 0 Å². The maximum Gasteiger partial charge on any atom is 0.228 e. The van der Waals surface area contributed by atoms with Crippen LogP contribution in [0.5, 0.6) is 5.75 Å². The van der Waals surface area contributed by atoms with Crippen molar-refractivity contribution in [1.82, 2.24) is 9.88 Å². The lowest BCUT2D eigenvalue weighted by atomic mass is 10.3. The highest BCUT2D eigenvalue weighted by Gasteiger charge is 2.22. The highest BCUT2D eigenvalue weighted by atomic mass is 32.2. The first-order valence-electron chi connectivity index (χ1n) is 11.2. The molecule has 0 saturated heterocycles. The van der Waals surface area contributed by atoms with Gasteiger partial charge < -0.3 is 9.64 Å². The van der Waals surface area contributed by atoms with Gasteiger partial charge in [0.15, 0.2) is 15.0 Å². The molecule has 10 heteroatoms. The van der Waals surface area contributed by atoms with Crippen LogP contribution in [0.25, 0.3) is 10.2 Å². The molecule has 34 heavy (non-hydrogen) atoms. The minimum absolute atomic E-state index is 0.0554. The van der Waals surface area contributed by atoms with Crippen LogP contribution < -0.4 is 9.64 Å². The summed E-state index contributed by atoms with van der Waals surface area (Å²) < 4.78 is 44.4. The highest BCUT2D eigenvalue weighted by molar-refractivity contribution is 7.91. The van der Waals surface area contributed by atoms with Crippen LogP contribution in [0.15, 0.2) is 47.4 Å². The number of thiazole rings is 1. The summed E-state index contributed by atoms with van der Waals surface area (Å²) in [6.07, 6.45) is 0.233. The average molecular weight is 508 g/mol. The monoisotopic (exact) mass is 507 g/mol. The molecule has 0 fully saturated rings. The van der Waals surface area contributed by atoms with E-state index in [4.69, 9.17) is 4.74 Å². The number of benzene rings is 2. The molecule has 0 aliphatic carbocycles. The number of rotatable bonds is 12. The summed E-state index contributed by atoms with van der Waals surface area (Å²) in [5, 5.41) is 0.585. The molecule has 0 atom stereocenters. The molecular weight excluding hydrogens is 477 g/mol. The first kappa shape index (κ1) is 26.1. The lowest BCUT2D eigenvalue weighted by molar-refractivity contribution is -0.118. The Labute approximate surface area is 204 Å². The van der Waals surface area contributed by atoms with Crippen LogP contribution in [-0.4, -0.2) is 63.3 Å². The van der Waals surface area contributed by atoms with Gasteiger partial charge >= 0.3 is 0 Å². The number of methoxy groups -OCH3 is 1. The van der Waals surface area contributed by atoms with Crippen molar-refractivity contribution in [3.8, 4) is 5.75 Å². The minimum atomic E-state index is -3.60. The van der Waals surface area contributed by atoms with Gasteiger partial charge in [0.25, 0.3) is 0 Å². The molecule has 2 aromatic carbocycles. The topological polar surface area (TPSA) is 79.8 Å². The minimum Gasteiger partial charge on any atom is -0.497 e. The van der Waals surface area contributed by atoms with E-state index in [9.17, 15) is 17.6 Å². The molecule has 0 aliphatic rings. The van der Waals surface area contributed by atoms with E-state index in [2.05, 4.69) is 23.7 Å². The van der Waals surface area contributed by atoms with Gasteiger partial charge in [0.2, 0.25) is 5.91 Å². The van der Waals surface area contributed by atoms with Gasteiger partial charge in [-0.25, -0.2) is 17.8 Å². The molecule has 1 heterocycles. The lowest BCUT2D eigenvalue weighted by Gasteiger charge is -2.24. The number of hydrogen-bond acceptors (Lipinski definition) is 7. The second-order valence-corrected chi connectivity index (χ2v) is 10.9. The SMILES string of the molecule is CCN(CC)CCN(C(=O)CCCS(=O)(=O)c1ccc(F)cc1)c1nc2ccc(OC)cc2s1. The summed E-state index contributed by atoms with van der Waals surface area (Å²) in [6, 6.07) is 10.3. The molecule has 0 N–H and O–H groups in total.